The Morgan fingerprint density at radius 3 is 2.61 bits per heavy atom. The molecule has 10 heteroatoms. The van der Waals surface area contributed by atoms with Crippen LogP contribution in [0.15, 0.2) is 52.2 Å². The molecule has 1 unspecified atom stereocenters. The van der Waals surface area contributed by atoms with Crippen molar-refractivity contribution in [2.45, 2.75) is 25.5 Å². The van der Waals surface area contributed by atoms with Crippen molar-refractivity contribution < 1.29 is 9.13 Å². The molecular weight excluding hydrogens is 403 g/mol. The number of nitrogens with one attached hydrogen (secondary N) is 1. The third-order valence-corrected chi connectivity index (χ3v) is 5.35. The largest absolute Gasteiger partial charge is 0.376 e. The zero-order chi connectivity index (χ0) is 21.5. The zero-order valence-corrected chi connectivity index (χ0v) is 16.4. The van der Waals surface area contributed by atoms with E-state index in [2.05, 4.69) is 15.1 Å². The molecule has 158 valence electrons. The summed E-state index contributed by atoms with van der Waals surface area (Å²) in [5, 5.41) is 4.54. The first-order valence-electron chi connectivity index (χ1n) is 9.87. The molecule has 1 aliphatic heterocycles. The van der Waals surface area contributed by atoms with Crippen molar-refractivity contribution in [1.29, 1.82) is 0 Å². The molecule has 5 rings (SSSR count). The zero-order valence-electron chi connectivity index (χ0n) is 16.4. The van der Waals surface area contributed by atoms with Gasteiger partial charge in [0.25, 0.3) is 0 Å². The summed E-state index contributed by atoms with van der Waals surface area (Å²) in [7, 11) is 0. The maximum atomic E-state index is 13.5. The highest BCUT2D eigenvalue weighted by molar-refractivity contribution is 5.90. The van der Waals surface area contributed by atoms with Gasteiger partial charge in [-0.05, 0) is 43.2 Å². The van der Waals surface area contributed by atoms with Gasteiger partial charge in [0.05, 0.1) is 23.9 Å². The molecule has 3 N–H and O–H groups in total. The molecule has 0 radical (unpaired) electrons. The first-order valence-corrected chi connectivity index (χ1v) is 9.87. The van der Waals surface area contributed by atoms with Crippen molar-refractivity contribution in [3.63, 3.8) is 0 Å². The molecule has 1 fully saturated rings. The summed E-state index contributed by atoms with van der Waals surface area (Å²) < 4.78 is 21.7. The van der Waals surface area contributed by atoms with Crippen LogP contribution >= 0.6 is 0 Å². The van der Waals surface area contributed by atoms with Crippen LogP contribution in [0.1, 0.15) is 12.8 Å². The molecule has 9 nitrogen and oxygen atoms in total. The molecule has 0 amide bonds. The Bertz CT molecular complexity index is 1360. The van der Waals surface area contributed by atoms with Crippen LogP contribution in [0.3, 0.4) is 0 Å². The third-order valence-electron chi connectivity index (χ3n) is 5.35. The van der Waals surface area contributed by atoms with Gasteiger partial charge in [-0.1, -0.05) is 0 Å². The number of fused-ring (bicyclic) bond motifs is 1. The van der Waals surface area contributed by atoms with Gasteiger partial charge in [-0.3, -0.25) is 4.79 Å². The van der Waals surface area contributed by atoms with E-state index in [-0.39, 0.29) is 23.4 Å². The molecule has 1 atom stereocenters. The normalized spacial score (nSPS) is 16.2. The quantitative estimate of drug-likeness (QED) is 0.518. The van der Waals surface area contributed by atoms with E-state index >= 15 is 0 Å². The van der Waals surface area contributed by atoms with Crippen molar-refractivity contribution in [2.24, 2.45) is 0 Å². The molecule has 0 spiro atoms. The van der Waals surface area contributed by atoms with E-state index in [1.165, 1.54) is 33.5 Å². The first-order chi connectivity index (χ1) is 15.0. The molecule has 4 heterocycles. The van der Waals surface area contributed by atoms with Gasteiger partial charge in [0, 0.05) is 30.0 Å². The highest BCUT2D eigenvalue weighted by atomic mass is 19.1. The number of nitrogens with two attached hydrogens (primary N) is 1. The Hall–Kier alpha value is -3.79. The molecule has 1 saturated heterocycles. The third kappa shape index (κ3) is 3.40. The van der Waals surface area contributed by atoms with Gasteiger partial charge in [0.1, 0.15) is 5.82 Å². The molecule has 3 aromatic heterocycles. The number of aromatic nitrogens is 5. The fourth-order valence-corrected chi connectivity index (χ4v) is 3.85. The van der Waals surface area contributed by atoms with Crippen LogP contribution in [0.2, 0.25) is 0 Å². The Labute approximate surface area is 174 Å². The second-order valence-electron chi connectivity index (χ2n) is 7.40. The summed E-state index contributed by atoms with van der Waals surface area (Å²) in [6, 6.07) is 8.77. The van der Waals surface area contributed by atoms with E-state index in [0.717, 1.165) is 12.8 Å². The number of H-pyrrole nitrogens is 1. The molecule has 1 aromatic carbocycles. The minimum Gasteiger partial charge on any atom is -0.376 e. The summed E-state index contributed by atoms with van der Waals surface area (Å²) in [5.41, 5.74) is 7.86. The summed E-state index contributed by atoms with van der Waals surface area (Å²) >= 11 is 0. The lowest BCUT2D eigenvalue weighted by molar-refractivity contribution is 0.0931. The Kier molecular flexibility index (Phi) is 4.63. The number of aromatic amines is 1. The average molecular weight is 422 g/mol. The van der Waals surface area contributed by atoms with Gasteiger partial charge >= 0.3 is 5.69 Å². The SMILES string of the molecule is Nc1nc(-c2ccc(F)cc2)c(-c2ccc(=O)[nH]c2)c2nn(CC3CCCO3)c(=O)n12. The highest BCUT2D eigenvalue weighted by Crippen LogP contribution is 2.33. The predicted molar refractivity (Wildman–Crippen MR) is 112 cm³/mol. The Balaban J connectivity index is 1.78. The van der Waals surface area contributed by atoms with E-state index in [1.54, 1.807) is 18.2 Å². The minimum absolute atomic E-state index is 0.0360. The summed E-state index contributed by atoms with van der Waals surface area (Å²) in [6.07, 6.45) is 3.21. The van der Waals surface area contributed by atoms with Crippen LogP contribution in [-0.2, 0) is 11.3 Å². The number of ether oxygens (including phenoxy) is 1. The highest BCUT2D eigenvalue weighted by Gasteiger charge is 2.24. The Morgan fingerprint density at radius 2 is 1.94 bits per heavy atom. The van der Waals surface area contributed by atoms with Crippen LogP contribution in [-0.4, -0.2) is 36.9 Å². The van der Waals surface area contributed by atoms with Crippen LogP contribution in [0.5, 0.6) is 0 Å². The lowest BCUT2D eigenvalue weighted by Crippen LogP contribution is -2.28. The molecular formula is C21H19FN6O3. The Morgan fingerprint density at radius 1 is 1.16 bits per heavy atom. The molecule has 1 aliphatic rings. The number of hydrogen-bond donors (Lipinski definition) is 2. The number of anilines is 1. The maximum Gasteiger partial charge on any atom is 0.353 e. The van der Waals surface area contributed by atoms with Crippen LogP contribution in [0, 0.1) is 5.82 Å². The lowest BCUT2D eigenvalue weighted by Gasteiger charge is -2.11. The van der Waals surface area contributed by atoms with Crippen molar-refractivity contribution in [2.75, 3.05) is 12.3 Å². The van der Waals surface area contributed by atoms with Crippen molar-refractivity contribution in [3.05, 3.63) is 69.3 Å². The molecule has 4 aromatic rings. The van der Waals surface area contributed by atoms with Crippen molar-refractivity contribution in [3.8, 4) is 22.4 Å². The number of hydrogen-bond acceptors (Lipinski definition) is 6. The molecule has 31 heavy (non-hydrogen) atoms. The number of nitrogen functional groups attached to an aromatic ring is 1. The number of rotatable bonds is 4. The summed E-state index contributed by atoms with van der Waals surface area (Å²) in [4.78, 5) is 31.7. The predicted octanol–water partition coefficient (Wildman–Crippen LogP) is 1.81. The van der Waals surface area contributed by atoms with Crippen molar-refractivity contribution >= 4 is 11.6 Å². The maximum absolute atomic E-state index is 13.5. The second-order valence-corrected chi connectivity index (χ2v) is 7.40. The fraction of sp³-hybridized carbons (Fsp3) is 0.238. The van der Waals surface area contributed by atoms with Crippen molar-refractivity contribution in [1.82, 2.24) is 24.1 Å². The monoisotopic (exact) mass is 422 g/mol. The fourth-order valence-electron chi connectivity index (χ4n) is 3.85. The molecule has 0 bridgehead atoms. The number of halogens is 1. The van der Waals surface area contributed by atoms with Crippen LogP contribution < -0.4 is 17.0 Å². The minimum atomic E-state index is -0.424. The number of nitrogens with zero attached hydrogens (tertiary/aromatic N) is 4. The summed E-state index contributed by atoms with van der Waals surface area (Å²) in [5.74, 6) is -0.424. The van der Waals surface area contributed by atoms with Gasteiger partial charge in [-0.2, -0.15) is 0 Å². The van der Waals surface area contributed by atoms with E-state index in [0.29, 0.717) is 41.2 Å². The standard InChI is InChI=1S/C21H19FN6O3/c22-14-6-3-12(4-7-14)18-17(13-5-8-16(29)24-10-13)19-26-27(11-15-2-1-9-31-15)21(30)28(19)20(23)25-18/h3-8,10,15H,1-2,9,11H2,(H2,23,25)(H,24,29). The van der Waals surface area contributed by atoms with Gasteiger partial charge < -0.3 is 15.5 Å². The first kappa shape index (κ1) is 19.2. The topological polar surface area (TPSA) is 120 Å². The lowest BCUT2D eigenvalue weighted by atomic mass is 10.0. The van der Waals surface area contributed by atoms with Gasteiger partial charge in [0.2, 0.25) is 11.5 Å². The second kappa shape index (κ2) is 7.47. The summed E-state index contributed by atoms with van der Waals surface area (Å²) in [6.45, 7) is 0.963. The van der Waals surface area contributed by atoms with E-state index in [9.17, 15) is 14.0 Å². The van der Waals surface area contributed by atoms with Gasteiger partial charge in [-0.15, -0.1) is 5.10 Å². The van der Waals surface area contributed by atoms with E-state index in [1.807, 2.05) is 0 Å². The molecule has 0 saturated carbocycles. The van der Waals surface area contributed by atoms with E-state index in [4.69, 9.17) is 10.5 Å². The number of benzene rings is 1. The van der Waals surface area contributed by atoms with Crippen LogP contribution in [0.25, 0.3) is 28.0 Å². The average Bonchev–Trinajstić information content (AvgIpc) is 3.38. The van der Waals surface area contributed by atoms with Crippen LogP contribution in [0.4, 0.5) is 10.3 Å². The number of pyridine rings is 1. The smallest absolute Gasteiger partial charge is 0.353 e. The van der Waals surface area contributed by atoms with Gasteiger partial charge in [-0.25, -0.2) is 23.3 Å². The molecule has 0 aliphatic carbocycles. The van der Waals surface area contributed by atoms with Gasteiger partial charge in [0.15, 0.2) is 5.65 Å². The van der Waals surface area contributed by atoms with E-state index < -0.39 is 5.69 Å².